The van der Waals surface area contributed by atoms with Gasteiger partial charge in [0.05, 0.1) is 24.4 Å². The minimum atomic E-state index is -4.78. The monoisotopic (exact) mass is 1140 g/mol. The summed E-state index contributed by atoms with van der Waals surface area (Å²) in [5, 5.41) is 3.69. The third-order valence-corrected chi connectivity index (χ3v) is 19.4. The lowest BCUT2D eigenvalue weighted by atomic mass is 9.98. The average molecular weight is 1140 g/mol. The van der Waals surface area contributed by atoms with Gasteiger partial charge in [-0.3, -0.25) is 48.1 Å². The molecule has 0 fully saturated rings. The van der Waals surface area contributed by atoms with Gasteiger partial charge in [-0.2, -0.15) is 8.42 Å². The van der Waals surface area contributed by atoms with Crippen molar-refractivity contribution in [1.29, 1.82) is 0 Å². The first kappa shape index (κ1) is 55.8. The zero-order valence-electron chi connectivity index (χ0n) is 44.6. The standard InChI is InChI=1S/C59H60N6O12S3/c1-35-23-44-38(13-14-42-27-39-9-5-7-11-47(39)64(42)57(44)70)29-49(35)76-33-36-24-37(34-77-51-31-46-45(30-50(51)75-4)58(71)65-43(32-61-46)28-40-10-6-8-12-48(40)65)26-41(25-36)62-53(66)17-19-59(2,3)79-78-22-18-52(80(72,73)74)56(69)60-20-21-63-54(67)15-16-55(63)68/h5-12,15-16,23-26,29-32,42-43,52H,13-14,17-22,27-28,33-34H2,1-4H3,(H,60,69)(H,62,66)(H,72,73,74)/t42-,43-,52?/m0/s1. The van der Waals surface area contributed by atoms with E-state index in [1.54, 1.807) is 23.2 Å². The van der Waals surface area contributed by atoms with Gasteiger partial charge in [0.1, 0.15) is 19.0 Å². The molecule has 0 bridgehead atoms. The maximum absolute atomic E-state index is 14.1. The molecule has 0 saturated carbocycles. The van der Waals surface area contributed by atoms with E-state index in [1.165, 1.54) is 34.3 Å². The van der Waals surface area contributed by atoms with E-state index in [0.717, 1.165) is 63.5 Å². The topological polar surface area (TPSA) is 231 Å². The fourth-order valence-electron chi connectivity index (χ4n) is 10.7. The molecule has 18 nitrogen and oxygen atoms in total. The molecule has 0 aliphatic carbocycles. The van der Waals surface area contributed by atoms with E-state index in [0.29, 0.717) is 64.6 Å². The second kappa shape index (κ2) is 23.3. The van der Waals surface area contributed by atoms with Crippen molar-refractivity contribution < 1.29 is 55.9 Å². The first-order valence-corrected chi connectivity index (χ1v) is 30.2. The Morgan fingerprint density at radius 2 is 1.48 bits per heavy atom. The van der Waals surface area contributed by atoms with Crippen molar-refractivity contribution in [3.63, 3.8) is 0 Å². The summed E-state index contributed by atoms with van der Waals surface area (Å²) < 4.78 is 52.6. The summed E-state index contributed by atoms with van der Waals surface area (Å²) in [6.07, 6.45) is 7.31. The second-order valence-electron chi connectivity index (χ2n) is 20.9. The minimum Gasteiger partial charge on any atom is -0.493 e. The molecule has 0 saturated heterocycles. The number of hydrogen-bond donors (Lipinski definition) is 3. The lowest BCUT2D eigenvalue weighted by Gasteiger charge is -2.23. The fourth-order valence-corrected chi connectivity index (χ4v) is 14.3. The highest BCUT2D eigenvalue weighted by molar-refractivity contribution is 8.77. The number of imide groups is 1. The molecule has 5 aromatic carbocycles. The Kier molecular flexibility index (Phi) is 16.3. The smallest absolute Gasteiger partial charge is 0.276 e. The van der Waals surface area contributed by atoms with Gasteiger partial charge < -0.3 is 29.7 Å². The normalized spacial score (nSPS) is 17.4. The Labute approximate surface area is 471 Å². The van der Waals surface area contributed by atoms with Crippen LogP contribution in [0.2, 0.25) is 0 Å². The lowest BCUT2D eigenvalue weighted by Crippen LogP contribution is -2.44. The number of hydrogen-bond acceptors (Lipinski definition) is 14. The highest BCUT2D eigenvalue weighted by Gasteiger charge is 2.39. The first-order chi connectivity index (χ1) is 38.3. The number of nitrogens with one attached hydrogen (secondary N) is 2. The molecule has 80 heavy (non-hydrogen) atoms. The number of anilines is 3. The number of carbonyl (C=O) groups is 6. The van der Waals surface area contributed by atoms with E-state index in [4.69, 9.17) is 19.2 Å². The van der Waals surface area contributed by atoms with Crippen LogP contribution < -0.4 is 34.6 Å². The van der Waals surface area contributed by atoms with Gasteiger partial charge in [-0.25, -0.2) is 0 Å². The molecule has 416 valence electrons. The van der Waals surface area contributed by atoms with E-state index >= 15 is 0 Å². The van der Waals surface area contributed by atoms with E-state index in [1.807, 2.05) is 98.5 Å². The van der Waals surface area contributed by atoms with E-state index in [2.05, 4.69) is 16.7 Å². The Hall–Kier alpha value is -7.46. The van der Waals surface area contributed by atoms with Gasteiger partial charge in [0.2, 0.25) is 11.8 Å². The van der Waals surface area contributed by atoms with Crippen LogP contribution in [-0.4, -0.2) is 108 Å². The number of benzene rings is 5. The van der Waals surface area contributed by atoms with Crippen molar-refractivity contribution in [3.05, 3.63) is 148 Å². The van der Waals surface area contributed by atoms with Crippen molar-refractivity contribution in [1.82, 2.24) is 10.2 Å². The first-order valence-electron chi connectivity index (χ1n) is 26.3. The third-order valence-electron chi connectivity index (χ3n) is 14.8. The van der Waals surface area contributed by atoms with Gasteiger partial charge in [-0.05, 0) is 135 Å². The number of nitrogens with zero attached hydrogens (tertiary/aromatic N) is 4. The summed E-state index contributed by atoms with van der Waals surface area (Å²) in [5.74, 6) is -0.993. The molecule has 5 heterocycles. The summed E-state index contributed by atoms with van der Waals surface area (Å²) in [6, 6.07) is 28.6. The van der Waals surface area contributed by atoms with Crippen molar-refractivity contribution in [2.75, 3.05) is 41.1 Å². The summed E-state index contributed by atoms with van der Waals surface area (Å²) in [4.78, 5) is 87.9. The minimum absolute atomic E-state index is 0.0119. The van der Waals surface area contributed by atoms with Crippen LogP contribution in [0.3, 0.4) is 0 Å². The second-order valence-corrected chi connectivity index (χ2v) is 25.6. The Bertz CT molecular complexity index is 3490. The van der Waals surface area contributed by atoms with Gasteiger partial charge >= 0.3 is 0 Å². The lowest BCUT2D eigenvalue weighted by molar-refractivity contribution is -0.137. The van der Waals surface area contributed by atoms with Crippen LogP contribution in [0, 0.1) is 6.92 Å². The Morgan fingerprint density at radius 1 is 0.812 bits per heavy atom. The molecule has 5 aromatic rings. The van der Waals surface area contributed by atoms with Gasteiger partial charge in [-0.1, -0.05) is 58.0 Å². The molecule has 0 spiro atoms. The third kappa shape index (κ3) is 12.2. The fraction of sp³-hybridized carbons (Fsp3) is 0.339. The van der Waals surface area contributed by atoms with Crippen molar-refractivity contribution >= 4 is 96.1 Å². The Morgan fingerprint density at radius 3 is 2.17 bits per heavy atom. The summed E-state index contributed by atoms with van der Waals surface area (Å²) in [5.41, 5.74) is 9.22. The number of rotatable bonds is 21. The zero-order chi connectivity index (χ0) is 56.5. The number of fused-ring (bicyclic) bond motifs is 8. The van der Waals surface area contributed by atoms with Crippen LogP contribution in [0.25, 0.3) is 0 Å². The summed E-state index contributed by atoms with van der Waals surface area (Å²) in [6.45, 7) is 5.61. The molecule has 21 heteroatoms. The van der Waals surface area contributed by atoms with E-state index < -0.39 is 37.8 Å². The van der Waals surface area contributed by atoms with Crippen LogP contribution in [-0.2, 0) is 61.8 Å². The number of ether oxygens (including phenoxy) is 3. The molecule has 3 atom stereocenters. The predicted molar refractivity (Wildman–Crippen MR) is 308 cm³/mol. The number of aryl methyl sites for hydroxylation is 2. The number of carbonyl (C=O) groups excluding carboxylic acids is 6. The van der Waals surface area contributed by atoms with Crippen molar-refractivity contribution in [3.8, 4) is 17.2 Å². The largest absolute Gasteiger partial charge is 0.493 e. The van der Waals surface area contributed by atoms with Crippen molar-refractivity contribution in [2.45, 2.75) is 101 Å². The van der Waals surface area contributed by atoms with Crippen LogP contribution in [0.4, 0.5) is 22.7 Å². The molecule has 0 aromatic heterocycles. The molecule has 6 amide bonds. The average Bonchev–Trinajstić information content (AvgIpc) is 4.05. The van der Waals surface area contributed by atoms with Crippen molar-refractivity contribution in [2.24, 2.45) is 4.99 Å². The molecule has 1 unspecified atom stereocenters. The summed E-state index contributed by atoms with van der Waals surface area (Å²) >= 11 is 0. The molecule has 0 radical (unpaired) electrons. The van der Waals surface area contributed by atoms with Gasteiger partial charge in [0.15, 0.2) is 16.7 Å². The Balaban J connectivity index is 0.812. The number of para-hydroxylation sites is 2. The summed E-state index contributed by atoms with van der Waals surface area (Å²) in [7, 11) is -0.561. The molecular weight excluding hydrogens is 1080 g/mol. The highest BCUT2D eigenvalue weighted by Crippen LogP contribution is 2.43. The molecular formula is C59H60N6O12S3. The van der Waals surface area contributed by atoms with Crippen LogP contribution in [0.1, 0.15) is 93.6 Å². The highest BCUT2D eigenvalue weighted by atomic mass is 33.1. The molecule has 5 aliphatic heterocycles. The molecule has 10 rings (SSSR count). The van der Waals surface area contributed by atoms with Gasteiger partial charge in [-0.15, -0.1) is 0 Å². The quantitative estimate of drug-likeness (QED) is 0.0271. The van der Waals surface area contributed by atoms with E-state index in [9.17, 15) is 41.7 Å². The van der Waals surface area contributed by atoms with Gasteiger partial charge in [0.25, 0.3) is 33.7 Å². The zero-order valence-corrected chi connectivity index (χ0v) is 47.0. The maximum atomic E-state index is 14.1. The number of amides is 6. The van der Waals surface area contributed by atoms with Crippen LogP contribution in [0.15, 0.2) is 108 Å². The predicted octanol–water partition coefficient (Wildman–Crippen LogP) is 8.53. The molecule has 5 aliphatic rings. The van der Waals surface area contributed by atoms with Gasteiger partial charge in [0, 0.05) is 89.5 Å². The van der Waals surface area contributed by atoms with Crippen LogP contribution >= 0.6 is 21.6 Å². The molecule has 3 N–H and O–H groups in total. The maximum Gasteiger partial charge on any atom is 0.276 e. The van der Waals surface area contributed by atoms with Crippen LogP contribution in [0.5, 0.6) is 17.2 Å². The number of aliphatic imine (C=N–C) groups is 1. The van der Waals surface area contributed by atoms with E-state index in [-0.39, 0.29) is 74.7 Å². The number of methoxy groups -OCH3 is 1. The SMILES string of the molecule is COc1cc2c(cc1OCc1cc(COc3cc4c(cc3C)C(=O)N3c5ccccc5C[C@@H]3CC4)cc(NC(=O)CCC(C)(C)SSCCC(C(=O)NCCN3C(=O)C=CC3=O)S(=O)(=O)O)c1)N=C[C@@H]1Cc3ccccc3N1C2=O.